The molecule has 1 aliphatic rings. The van der Waals surface area contributed by atoms with Crippen molar-refractivity contribution >= 4 is 14.8 Å². The molecule has 1 aromatic carbocycles. The van der Waals surface area contributed by atoms with Gasteiger partial charge >= 0.3 is 0 Å². The molecule has 0 aromatic heterocycles. The van der Waals surface area contributed by atoms with Gasteiger partial charge in [-0.25, -0.2) is 0 Å². The average Bonchev–Trinajstić information content (AvgIpc) is 2.52. The maximum Gasteiger partial charge on any atom is 0.205 e. The first-order valence-corrected chi connectivity index (χ1v) is 11.7. The molecule has 0 N–H and O–H groups in total. The van der Waals surface area contributed by atoms with Crippen molar-refractivity contribution in [2.45, 2.75) is 83.7 Å². The molecule has 0 saturated heterocycles. The van der Waals surface area contributed by atoms with Crippen LogP contribution in [-0.4, -0.2) is 21.4 Å². The lowest BCUT2D eigenvalue weighted by molar-refractivity contribution is 0.0921. The van der Waals surface area contributed by atoms with Crippen molar-refractivity contribution in [1.82, 2.24) is 0 Å². The molecule has 0 spiro atoms. The summed E-state index contributed by atoms with van der Waals surface area (Å²) in [5.41, 5.74) is 3.88. The topological polar surface area (TPSA) is 26.3 Å². The van der Waals surface area contributed by atoms with Gasteiger partial charge in [-0.3, -0.25) is 4.79 Å². The molecule has 1 fully saturated rings. The van der Waals surface area contributed by atoms with E-state index < -0.39 is 9.04 Å². The Labute approximate surface area is 149 Å². The lowest BCUT2D eigenvalue weighted by Gasteiger charge is -2.38. The fourth-order valence-electron chi connectivity index (χ4n) is 3.77. The van der Waals surface area contributed by atoms with Crippen LogP contribution in [0.15, 0.2) is 18.2 Å². The number of rotatable bonds is 5. The number of ketones is 1. The van der Waals surface area contributed by atoms with Gasteiger partial charge in [-0.1, -0.05) is 59.1 Å². The second-order valence-electron chi connectivity index (χ2n) is 8.75. The Morgan fingerprint density at radius 2 is 1.79 bits per heavy atom. The lowest BCUT2D eigenvalue weighted by Crippen LogP contribution is -2.30. The lowest BCUT2D eigenvalue weighted by atomic mass is 9.66. The van der Waals surface area contributed by atoms with Crippen molar-refractivity contribution in [2.24, 2.45) is 0 Å². The summed E-state index contributed by atoms with van der Waals surface area (Å²) in [5, 5.41) is 0. The molecule has 0 atom stereocenters. The van der Waals surface area contributed by atoms with E-state index in [9.17, 15) is 4.79 Å². The smallest absolute Gasteiger partial charge is 0.205 e. The van der Waals surface area contributed by atoms with E-state index in [-0.39, 0.29) is 23.2 Å². The van der Waals surface area contributed by atoms with E-state index in [0.29, 0.717) is 0 Å². The molecule has 0 unspecified atom stereocenters. The number of carbonyl (C=O) groups is 1. The molecule has 1 aromatic rings. The number of hydrogen-bond acceptors (Lipinski definition) is 2. The van der Waals surface area contributed by atoms with E-state index >= 15 is 0 Å². The van der Waals surface area contributed by atoms with Crippen LogP contribution in [0.1, 0.15) is 81.3 Å². The van der Waals surface area contributed by atoms with Crippen LogP contribution >= 0.6 is 0 Å². The van der Waals surface area contributed by atoms with Gasteiger partial charge in [0.05, 0.1) is 6.61 Å². The van der Waals surface area contributed by atoms with Gasteiger partial charge in [0.15, 0.2) is 5.78 Å². The molecule has 0 heterocycles. The zero-order valence-electron chi connectivity index (χ0n) is 16.3. The molecular weight excluding hydrogens is 312 g/mol. The average molecular weight is 346 g/mol. The number of hydrogen-bond donors (Lipinski definition) is 0. The molecule has 2 nitrogen and oxygen atoms in total. The summed E-state index contributed by atoms with van der Waals surface area (Å²) in [6.07, 6.45) is 6.37. The summed E-state index contributed by atoms with van der Waals surface area (Å²) < 4.78 is 5.62. The molecule has 0 aliphatic heterocycles. The van der Waals surface area contributed by atoms with Gasteiger partial charge in [0.2, 0.25) is 9.04 Å². The van der Waals surface area contributed by atoms with Crippen LogP contribution in [0.2, 0.25) is 13.1 Å². The van der Waals surface area contributed by atoms with E-state index in [0.717, 1.165) is 5.56 Å². The normalized spacial score (nSPS) is 18.0. The SMILES string of the molecule is C[Si](C)OCC(=O)c1ccc(C(C)(C)C)c(C2(C)CCCCC2)c1. The van der Waals surface area contributed by atoms with Crippen LogP contribution in [0.5, 0.6) is 0 Å². The summed E-state index contributed by atoms with van der Waals surface area (Å²) in [4.78, 5) is 12.5. The van der Waals surface area contributed by atoms with Crippen molar-refractivity contribution < 1.29 is 9.22 Å². The predicted octanol–water partition coefficient (Wildman–Crippen LogP) is 5.66. The summed E-state index contributed by atoms with van der Waals surface area (Å²) in [7, 11) is -0.831. The van der Waals surface area contributed by atoms with E-state index in [4.69, 9.17) is 4.43 Å². The van der Waals surface area contributed by atoms with Crippen LogP contribution < -0.4 is 0 Å². The highest BCUT2D eigenvalue weighted by Gasteiger charge is 2.34. The van der Waals surface area contributed by atoms with Crippen LogP contribution in [0.3, 0.4) is 0 Å². The maximum absolute atomic E-state index is 12.5. The molecule has 133 valence electrons. The number of Topliss-reactive ketones (excluding diaryl/α,β-unsaturated/α-hetero) is 1. The third-order valence-electron chi connectivity index (χ3n) is 5.25. The summed E-state index contributed by atoms with van der Waals surface area (Å²) in [6.45, 7) is 13.5. The van der Waals surface area contributed by atoms with E-state index in [2.05, 4.69) is 52.9 Å². The third kappa shape index (κ3) is 4.57. The second-order valence-corrected chi connectivity index (χ2v) is 10.9. The second kappa shape index (κ2) is 7.53. The zero-order chi connectivity index (χ0) is 18.0. The van der Waals surface area contributed by atoms with Crippen molar-refractivity contribution in [3.63, 3.8) is 0 Å². The Bertz CT molecular complexity index is 578. The third-order valence-corrected chi connectivity index (χ3v) is 5.97. The quantitative estimate of drug-likeness (QED) is 0.508. The number of benzene rings is 1. The molecular formula is C21H33O2Si. The Hall–Kier alpha value is -0.933. The standard InChI is InChI=1S/C21H33O2Si/c1-20(2,3)17-11-10-16(19(22)15-23-24(5)6)14-18(17)21(4)12-8-7-9-13-21/h10-11,14H,7-9,12-13,15H2,1-6H3. The van der Waals surface area contributed by atoms with Crippen molar-refractivity contribution in [1.29, 1.82) is 0 Å². The first-order valence-electron chi connectivity index (χ1n) is 9.25. The summed E-state index contributed by atoms with van der Waals surface area (Å²) in [5.74, 6) is 0.113. The van der Waals surface area contributed by atoms with Gasteiger partial charge in [0.1, 0.15) is 0 Å². The van der Waals surface area contributed by atoms with Gasteiger partial charge in [-0.05, 0) is 54.0 Å². The van der Waals surface area contributed by atoms with Gasteiger partial charge in [-0.2, -0.15) is 0 Å². The van der Waals surface area contributed by atoms with Gasteiger partial charge < -0.3 is 4.43 Å². The molecule has 1 radical (unpaired) electrons. The number of carbonyl (C=O) groups excluding carboxylic acids is 1. The summed E-state index contributed by atoms with van der Waals surface area (Å²) in [6, 6.07) is 6.36. The van der Waals surface area contributed by atoms with Gasteiger partial charge in [0.25, 0.3) is 0 Å². The highest BCUT2D eigenvalue weighted by atomic mass is 28.3. The Kier molecular flexibility index (Phi) is 6.08. The van der Waals surface area contributed by atoms with Crippen molar-refractivity contribution in [3.8, 4) is 0 Å². The van der Waals surface area contributed by atoms with Crippen LogP contribution in [0, 0.1) is 0 Å². The van der Waals surface area contributed by atoms with Gasteiger partial charge in [0, 0.05) is 5.56 Å². The highest BCUT2D eigenvalue weighted by Crippen LogP contribution is 2.43. The highest BCUT2D eigenvalue weighted by molar-refractivity contribution is 6.48. The first-order chi connectivity index (χ1) is 11.1. The Balaban J connectivity index is 2.40. The summed E-state index contributed by atoms with van der Waals surface area (Å²) >= 11 is 0. The van der Waals surface area contributed by atoms with Crippen LogP contribution in [-0.2, 0) is 15.3 Å². The van der Waals surface area contributed by atoms with Crippen molar-refractivity contribution in [3.05, 3.63) is 34.9 Å². The fraction of sp³-hybridized carbons (Fsp3) is 0.667. The molecule has 1 aliphatic carbocycles. The monoisotopic (exact) mass is 345 g/mol. The molecule has 1 saturated carbocycles. The van der Waals surface area contributed by atoms with Crippen LogP contribution in [0.25, 0.3) is 0 Å². The minimum Gasteiger partial charge on any atom is -0.409 e. The van der Waals surface area contributed by atoms with Crippen LogP contribution in [0.4, 0.5) is 0 Å². The van der Waals surface area contributed by atoms with E-state index in [1.54, 1.807) is 0 Å². The van der Waals surface area contributed by atoms with E-state index in [1.807, 2.05) is 6.07 Å². The molecule has 3 heteroatoms. The fourth-order valence-corrected chi connectivity index (χ4v) is 4.19. The molecule has 2 rings (SSSR count). The first kappa shape index (κ1) is 19.4. The minimum atomic E-state index is -0.831. The molecule has 0 amide bonds. The van der Waals surface area contributed by atoms with Crippen molar-refractivity contribution in [2.75, 3.05) is 6.61 Å². The Morgan fingerprint density at radius 3 is 2.33 bits per heavy atom. The zero-order valence-corrected chi connectivity index (χ0v) is 17.3. The minimum absolute atomic E-state index is 0.0941. The van der Waals surface area contributed by atoms with Gasteiger partial charge in [-0.15, -0.1) is 0 Å². The molecule has 0 bridgehead atoms. The predicted molar refractivity (Wildman–Crippen MR) is 103 cm³/mol. The largest absolute Gasteiger partial charge is 0.409 e. The Morgan fingerprint density at radius 1 is 1.17 bits per heavy atom. The van der Waals surface area contributed by atoms with E-state index in [1.165, 1.54) is 43.2 Å². The maximum atomic E-state index is 12.5. The molecule has 24 heavy (non-hydrogen) atoms.